The molecule has 1 rings (SSSR count). The Bertz CT molecular complexity index is 380. The molecule has 20 heavy (non-hydrogen) atoms. The first-order chi connectivity index (χ1) is 9.10. The molecule has 0 aliphatic carbocycles. The van der Waals surface area contributed by atoms with E-state index in [1.807, 2.05) is 6.92 Å². The summed E-state index contributed by atoms with van der Waals surface area (Å²) in [7, 11) is 1.65. The van der Waals surface area contributed by atoms with Crippen LogP contribution in [-0.2, 0) is 10.3 Å². The molecule has 7 heteroatoms. The van der Waals surface area contributed by atoms with Crippen molar-refractivity contribution in [3.63, 3.8) is 0 Å². The van der Waals surface area contributed by atoms with Crippen LogP contribution >= 0.6 is 24.0 Å². The summed E-state index contributed by atoms with van der Waals surface area (Å²) in [6, 6.07) is 3.48. The van der Waals surface area contributed by atoms with Gasteiger partial charge in [-0.3, -0.25) is 0 Å². The lowest BCUT2D eigenvalue weighted by atomic mass is 10.0. The van der Waals surface area contributed by atoms with E-state index in [0.29, 0.717) is 24.9 Å². The number of nitrogens with zero attached hydrogens (tertiary/aromatic N) is 1. The number of hydrogen-bond donors (Lipinski definition) is 3. The van der Waals surface area contributed by atoms with Crippen LogP contribution in [0.1, 0.15) is 19.6 Å². The lowest BCUT2D eigenvalue weighted by molar-refractivity contribution is 0.0437. The van der Waals surface area contributed by atoms with E-state index in [9.17, 15) is 5.11 Å². The Morgan fingerprint density at radius 3 is 2.80 bits per heavy atom. The van der Waals surface area contributed by atoms with Crippen molar-refractivity contribution in [2.45, 2.75) is 19.4 Å². The molecule has 1 aromatic rings. The molecule has 0 aliphatic rings. The highest BCUT2D eigenvalue weighted by Gasteiger charge is 2.25. The van der Waals surface area contributed by atoms with Crippen molar-refractivity contribution in [3.8, 4) is 0 Å². The molecule has 0 spiro atoms. The first-order valence-corrected chi connectivity index (χ1v) is 6.37. The van der Waals surface area contributed by atoms with Crippen molar-refractivity contribution in [2.75, 3.05) is 33.4 Å². The number of methoxy groups -OCH3 is 1. The zero-order valence-electron chi connectivity index (χ0n) is 12.2. The molecule has 1 aromatic heterocycles. The summed E-state index contributed by atoms with van der Waals surface area (Å²) in [5, 5.41) is 16.5. The Morgan fingerprint density at radius 2 is 2.25 bits per heavy atom. The number of furan rings is 1. The minimum absolute atomic E-state index is 0. The lowest BCUT2D eigenvalue weighted by Gasteiger charge is -2.19. The summed E-state index contributed by atoms with van der Waals surface area (Å²) in [6.45, 7) is 5.88. The van der Waals surface area contributed by atoms with Crippen molar-refractivity contribution in [2.24, 2.45) is 4.99 Å². The van der Waals surface area contributed by atoms with Crippen LogP contribution in [0.4, 0.5) is 0 Å². The van der Waals surface area contributed by atoms with Gasteiger partial charge in [0.15, 0.2) is 5.96 Å². The molecule has 0 amide bonds. The van der Waals surface area contributed by atoms with E-state index in [1.54, 1.807) is 26.2 Å². The fourth-order valence-electron chi connectivity index (χ4n) is 1.51. The summed E-state index contributed by atoms with van der Waals surface area (Å²) in [6.07, 6.45) is 1.54. The van der Waals surface area contributed by atoms with Gasteiger partial charge in [0.25, 0.3) is 0 Å². The molecule has 6 nitrogen and oxygen atoms in total. The molecule has 1 heterocycles. The third-order valence-electron chi connectivity index (χ3n) is 2.54. The number of rotatable bonds is 7. The number of nitrogens with one attached hydrogen (secondary N) is 2. The quantitative estimate of drug-likeness (QED) is 0.280. The second-order valence-electron chi connectivity index (χ2n) is 4.37. The standard InChI is InChI=1S/C13H23N3O3.HI/c1-4-14-12(15-7-9-18-3)16-10-13(2,17)11-6-5-8-19-11;/h5-6,8,17H,4,7,9-10H2,1-3H3,(H2,14,15,16);1H. The maximum Gasteiger partial charge on any atom is 0.191 e. The highest BCUT2D eigenvalue weighted by atomic mass is 127. The molecular weight excluding hydrogens is 373 g/mol. The van der Waals surface area contributed by atoms with Gasteiger partial charge in [0, 0.05) is 20.2 Å². The number of hydrogen-bond acceptors (Lipinski definition) is 4. The minimum Gasteiger partial charge on any atom is -0.466 e. The van der Waals surface area contributed by atoms with Crippen LogP contribution in [0.5, 0.6) is 0 Å². The topological polar surface area (TPSA) is 79.0 Å². The Balaban J connectivity index is 0.00000361. The van der Waals surface area contributed by atoms with Gasteiger partial charge in [-0.15, -0.1) is 24.0 Å². The van der Waals surface area contributed by atoms with Crippen molar-refractivity contribution in [3.05, 3.63) is 24.2 Å². The molecular formula is C13H24IN3O3. The zero-order valence-corrected chi connectivity index (χ0v) is 14.5. The minimum atomic E-state index is -1.12. The Labute approximate surface area is 137 Å². The average molecular weight is 397 g/mol. The maximum absolute atomic E-state index is 10.3. The van der Waals surface area contributed by atoms with Crippen LogP contribution in [0.3, 0.4) is 0 Å². The largest absolute Gasteiger partial charge is 0.466 e. The second kappa shape index (κ2) is 10.0. The van der Waals surface area contributed by atoms with Gasteiger partial charge in [-0.25, -0.2) is 4.99 Å². The van der Waals surface area contributed by atoms with Crippen LogP contribution in [-0.4, -0.2) is 44.4 Å². The van der Waals surface area contributed by atoms with Crippen molar-refractivity contribution in [1.82, 2.24) is 10.6 Å². The monoisotopic (exact) mass is 397 g/mol. The van der Waals surface area contributed by atoms with Gasteiger partial charge in [0.1, 0.15) is 11.4 Å². The van der Waals surface area contributed by atoms with E-state index in [-0.39, 0.29) is 30.5 Å². The Kier molecular flexibility index (Phi) is 9.60. The van der Waals surface area contributed by atoms with E-state index in [1.165, 1.54) is 6.26 Å². The van der Waals surface area contributed by atoms with E-state index in [2.05, 4.69) is 15.6 Å². The molecule has 1 atom stereocenters. The Hall–Kier alpha value is -0.800. The third kappa shape index (κ3) is 6.58. The van der Waals surface area contributed by atoms with E-state index in [0.717, 1.165) is 6.54 Å². The average Bonchev–Trinajstić information content (AvgIpc) is 2.91. The summed E-state index contributed by atoms with van der Waals surface area (Å²) >= 11 is 0. The Morgan fingerprint density at radius 1 is 1.50 bits per heavy atom. The molecule has 116 valence electrons. The highest BCUT2D eigenvalue weighted by molar-refractivity contribution is 14.0. The van der Waals surface area contributed by atoms with Gasteiger partial charge in [-0.05, 0) is 26.0 Å². The van der Waals surface area contributed by atoms with Crippen LogP contribution < -0.4 is 10.6 Å². The molecule has 0 fully saturated rings. The summed E-state index contributed by atoms with van der Waals surface area (Å²) in [5.74, 6) is 1.15. The van der Waals surface area contributed by atoms with Gasteiger partial charge in [-0.1, -0.05) is 0 Å². The van der Waals surface area contributed by atoms with Crippen molar-refractivity contribution < 1.29 is 14.3 Å². The fourth-order valence-corrected chi connectivity index (χ4v) is 1.51. The van der Waals surface area contributed by atoms with Crippen LogP contribution in [0, 0.1) is 0 Å². The second-order valence-corrected chi connectivity index (χ2v) is 4.37. The van der Waals surface area contributed by atoms with E-state index in [4.69, 9.17) is 9.15 Å². The normalized spacial score (nSPS) is 14.3. The molecule has 0 aliphatic heterocycles. The molecule has 3 N–H and O–H groups in total. The van der Waals surface area contributed by atoms with Gasteiger partial charge in [0.2, 0.25) is 0 Å². The van der Waals surface area contributed by atoms with Gasteiger partial charge in [0.05, 0.1) is 19.4 Å². The SMILES string of the molecule is CCNC(=NCC(C)(O)c1ccco1)NCCOC.I. The summed E-state index contributed by atoms with van der Waals surface area (Å²) in [5.41, 5.74) is -1.12. The molecule has 0 saturated heterocycles. The first kappa shape index (κ1) is 19.2. The predicted octanol–water partition coefficient (Wildman–Crippen LogP) is 1.31. The van der Waals surface area contributed by atoms with E-state index >= 15 is 0 Å². The molecule has 0 aromatic carbocycles. The fraction of sp³-hybridized carbons (Fsp3) is 0.615. The number of aliphatic hydroxyl groups is 1. The molecule has 0 radical (unpaired) electrons. The molecule has 1 unspecified atom stereocenters. The van der Waals surface area contributed by atoms with E-state index < -0.39 is 5.60 Å². The summed E-state index contributed by atoms with van der Waals surface area (Å²) < 4.78 is 10.2. The van der Waals surface area contributed by atoms with Crippen molar-refractivity contribution in [1.29, 1.82) is 0 Å². The van der Waals surface area contributed by atoms with Gasteiger partial charge in [-0.2, -0.15) is 0 Å². The van der Waals surface area contributed by atoms with Crippen LogP contribution in [0.2, 0.25) is 0 Å². The number of aliphatic imine (C=N–C) groups is 1. The van der Waals surface area contributed by atoms with Crippen molar-refractivity contribution >= 4 is 29.9 Å². The van der Waals surface area contributed by atoms with Gasteiger partial charge >= 0.3 is 0 Å². The summed E-state index contributed by atoms with van der Waals surface area (Å²) in [4.78, 5) is 4.34. The van der Waals surface area contributed by atoms with Gasteiger partial charge < -0.3 is 24.9 Å². The predicted molar refractivity (Wildman–Crippen MR) is 89.6 cm³/mol. The highest BCUT2D eigenvalue weighted by Crippen LogP contribution is 2.20. The maximum atomic E-state index is 10.3. The smallest absolute Gasteiger partial charge is 0.191 e. The zero-order chi connectivity index (χ0) is 14.1. The molecule has 0 bridgehead atoms. The molecule has 0 saturated carbocycles. The number of ether oxygens (including phenoxy) is 1. The number of guanidine groups is 1. The number of halogens is 1. The van der Waals surface area contributed by atoms with Crippen LogP contribution in [0.25, 0.3) is 0 Å². The van der Waals surface area contributed by atoms with Crippen LogP contribution in [0.15, 0.2) is 27.8 Å². The first-order valence-electron chi connectivity index (χ1n) is 6.37. The lowest BCUT2D eigenvalue weighted by Crippen LogP contribution is -2.40. The third-order valence-corrected chi connectivity index (χ3v) is 2.54.